The van der Waals surface area contributed by atoms with Gasteiger partial charge in [-0.1, -0.05) is 40.0 Å². The Bertz CT molecular complexity index is 490. The Morgan fingerprint density at radius 3 is 2.46 bits per heavy atom. The zero-order valence-corrected chi connectivity index (χ0v) is 15.8. The van der Waals surface area contributed by atoms with Crippen molar-refractivity contribution >= 4 is 11.8 Å². The van der Waals surface area contributed by atoms with Gasteiger partial charge < -0.3 is 9.80 Å². The van der Waals surface area contributed by atoms with Gasteiger partial charge in [0.1, 0.15) is 0 Å². The molecule has 2 saturated heterocycles. The monoisotopic (exact) mass is 334 g/mol. The molecule has 1 saturated carbocycles. The van der Waals surface area contributed by atoms with Gasteiger partial charge >= 0.3 is 0 Å². The molecule has 0 bridgehead atoms. The largest absolute Gasteiger partial charge is 0.342 e. The highest BCUT2D eigenvalue weighted by Crippen LogP contribution is 2.41. The molecular formula is C20H34N2O2. The molecule has 2 heterocycles. The maximum absolute atomic E-state index is 13.2. The van der Waals surface area contributed by atoms with Crippen LogP contribution in [-0.2, 0) is 9.59 Å². The van der Waals surface area contributed by atoms with Crippen LogP contribution in [0.5, 0.6) is 0 Å². The fourth-order valence-electron chi connectivity index (χ4n) is 4.91. The van der Waals surface area contributed by atoms with E-state index in [1.54, 1.807) is 0 Å². The zero-order valence-electron chi connectivity index (χ0n) is 15.8. The summed E-state index contributed by atoms with van der Waals surface area (Å²) in [4.78, 5) is 29.9. The molecule has 2 aliphatic heterocycles. The van der Waals surface area contributed by atoms with E-state index in [0.717, 1.165) is 38.9 Å². The predicted molar refractivity (Wildman–Crippen MR) is 95.5 cm³/mol. The van der Waals surface area contributed by atoms with Crippen molar-refractivity contribution in [1.82, 2.24) is 9.80 Å². The van der Waals surface area contributed by atoms with Gasteiger partial charge in [0.25, 0.3) is 0 Å². The van der Waals surface area contributed by atoms with Gasteiger partial charge in [0.05, 0.1) is 5.41 Å². The minimum absolute atomic E-state index is 0.191. The van der Waals surface area contributed by atoms with Crippen LogP contribution in [0.3, 0.4) is 0 Å². The number of carbonyl (C=O) groups is 2. The molecule has 1 atom stereocenters. The molecule has 4 heteroatoms. The van der Waals surface area contributed by atoms with Crippen LogP contribution >= 0.6 is 0 Å². The quantitative estimate of drug-likeness (QED) is 0.776. The first kappa shape index (κ1) is 17.8. The molecule has 0 aromatic heterocycles. The Morgan fingerprint density at radius 1 is 1.08 bits per heavy atom. The van der Waals surface area contributed by atoms with E-state index in [-0.39, 0.29) is 16.7 Å². The van der Waals surface area contributed by atoms with Crippen LogP contribution < -0.4 is 0 Å². The second-order valence-electron chi connectivity index (χ2n) is 9.37. The van der Waals surface area contributed by atoms with Gasteiger partial charge in [-0.3, -0.25) is 9.59 Å². The minimum atomic E-state index is -0.356. The molecule has 0 unspecified atom stereocenters. The average Bonchev–Trinajstić information content (AvgIpc) is 2.96. The number of likely N-dealkylation sites (tertiary alicyclic amines) is 2. The van der Waals surface area contributed by atoms with Gasteiger partial charge in [-0.25, -0.2) is 0 Å². The standard InChI is InChI=1S/C20H34N2O2/c1-19(2,3)17(23)22-13-11-20(15-22)10-7-12-21(18(20)24)14-16-8-5-4-6-9-16/h16H,4-15H2,1-3H3/t20-/m1/s1. The molecule has 1 spiro atoms. The van der Waals surface area contributed by atoms with Crippen molar-refractivity contribution in [2.75, 3.05) is 26.2 Å². The molecule has 24 heavy (non-hydrogen) atoms. The Labute approximate surface area is 146 Å². The molecule has 3 fully saturated rings. The second kappa shape index (κ2) is 6.68. The average molecular weight is 335 g/mol. The van der Waals surface area contributed by atoms with Gasteiger partial charge in [0, 0.05) is 31.6 Å². The van der Waals surface area contributed by atoms with Gasteiger partial charge in [-0.2, -0.15) is 0 Å². The van der Waals surface area contributed by atoms with E-state index in [1.807, 2.05) is 25.7 Å². The van der Waals surface area contributed by atoms with Crippen molar-refractivity contribution in [2.24, 2.45) is 16.7 Å². The number of nitrogens with zero attached hydrogens (tertiary/aromatic N) is 2. The fourth-order valence-corrected chi connectivity index (χ4v) is 4.91. The van der Waals surface area contributed by atoms with Crippen LogP contribution in [0.1, 0.15) is 72.1 Å². The number of hydrogen-bond acceptors (Lipinski definition) is 2. The van der Waals surface area contributed by atoms with Crippen LogP contribution in [0.25, 0.3) is 0 Å². The van der Waals surface area contributed by atoms with Crippen LogP contribution in [0.2, 0.25) is 0 Å². The highest BCUT2D eigenvalue weighted by Gasteiger charge is 2.50. The summed E-state index contributed by atoms with van der Waals surface area (Å²) in [5, 5.41) is 0. The molecule has 136 valence electrons. The van der Waals surface area contributed by atoms with E-state index >= 15 is 0 Å². The molecule has 4 nitrogen and oxygen atoms in total. The smallest absolute Gasteiger partial charge is 0.230 e. The van der Waals surface area contributed by atoms with Crippen molar-refractivity contribution in [1.29, 1.82) is 0 Å². The Hall–Kier alpha value is -1.06. The van der Waals surface area contributed by atoms with Gasteiger partial charge in [-0.05, 0) is 38.0 Å². The molecule has 0 aromatic rings. The van der Waals surface area contributed by atoms with Crippen molar-refractivity contribution in [2.45, 2.75) is 72.1 Å². The number of piperidine rings is 1. The van der Waals surface area contributed by atoms with Crippen molar-refractivity contribution in [3.63, 3.8) is 0 Å². The summed E-state index contributed by atoms with van der Waals surface area (Å²) in [6, 6.07) is 0. The van der Waals surface area contributed by atoms with E-state index in [0.29, 0.717) is 18.4 Å². The number of hydrogen-bond donors (Lipinski definition) is 0. The van der Waals surface area contributed by atoms with Crippen LogP contribution in [0, 0.1) is 16.7 Å². The lowest BCUT2D eigenvalue weighted by Gasteiger charge is -2.41. The van der Waals surface area contributed by atoms with Gasteiger partial charge in [-0.15, -0.1) is 0 Å². The zero-order chi connectivity index (χ0) is 17.4. The third-order valence-electron chi connectivity index (χ3n) is 6.31. The molecule has 2 amide bonds. The van der Waals surface area contributed by atoms with E-state index in [4.69, 9.17) is 0 Å². The summed E-state index contributed by atoms with van der Waals surface area (Å²) in [7, 11) is 0. The third-order valence-corrected chi connectivity index (χ3v) is 6.31. The molecular weight excluding hydrogens is 300 g/mol. The number of amides is 2. The summed E-state index contributed by atoms with van der Waals surface area (Å²) < 4.78 is 0. The molecule has 3 aliphatic rings. The lowest BCUT2D eigenvalue weighted by atomic mass is 9.77. The molecule has 1 aliphatic carbocycles. The summed E-state index contributed by atoms with van der Waals surface area (Å²) in [6.07, 6.45) is 9.48. The summed E-state index contributed by atoms with van der Waals surface area (Å²) in [6.45, 7) is 9.18. The summed E-state index contributed by atoms with van der Waals surface area (Å²) in [5.41, 5.74) is -0.640. The summed E-state index contributed by atoms with van der Waals surface area (Å²) in [5.74, 6) is 1.23. The van der Waals surface area contributed by atoms with Gasteiger partial charge in [0.15, 0.2) is 0 Å². The Morgan fingerprint density at radius 2 is 1.79 bits per heavy atom. The maximum atomic E-state index is 13.2. The lowest BCUT2D eigenvalue weighted by Crippen LogP contribution is -2.52. The SMILES string of the molecule is CC(C)(C)C(=O)N1CC[C@]2(CCCN(CC3CCCCC3)C2=O)C1. The number of rotatable bonds is 2. The van der Waals surface area contributed by atoms with Crippen molar-refractivity contribution in [3.8, 4) is 0 Å². The first-order chi connectivity index (χ1) is 11.3. The number of carbonyl (C=O) groups excluding carboxylic acids is 2. The van der Waals surface area contributed by atoms with Crippen LogP contribution in [-0.4, -0.2) is 47.8 Å². The second-order valence-corrected chi connectivity index (χ2v) is 9.37. The Balaban J connectivity index is 1.65. The predicted octanol–water partition coefficient (Wildman–Crippen LogP) is 3.45. The lowest BCUT2D eigenvalue weighted by molar-refractivity contribution is -0.147. The topological polar surface area (TPSA) is 40.6 Å². The minimum Gasteiger partial charge on any atom is -0.342 e. The van der Waals surface area contributed by atoms with Crippen molar-refractivity contribution in [3.05, 3.63) is 0 Å². The van der Waals surface area contributed by atoms with Crippen molar-refractivity contribution < 1.29 is 9.59 Å². The normalized spacial score (nSPS) is 29.5. The van der Waals surface area contributed by atoms with E-state index in [1.165, 1.54) is 32.1 Å². The summed E-state index contributed by atoms with van der Waals surface area (Å²) >= 11 is 0. The highest BCUT2D eigenvalue weighted by molar-refractivity contribution is 5.87. The molecule has 0 N–H and O–H groups in total. The Kier molecular flexibility index (Phi) is 4.94. The van der Waals surface area contributed by atoms with E-state index < -0.39 is 0 Å². The fraction of sp³-hybridized carbons (Fsp3) is 0.900. The first-order valence-electron chi connectivity index (χ1n) is 9.91. The first-order valence-corrected chi connectivity index (χ1v) is 9.91. The van der Waals surface area contributed by atoms with E-state index in [9.17, 15) is 9.59 Å². The van der Waals surface area contributed by atoms with Crippen LogP contribution in [0.4, 0.5) is 0 Å². The molecule has 0 aromatic carbocycles. The van der Waals surface area contributed by atoms with Crippen LogP contribution in [0.15, 0.2) is 0 Å². The molecule has 0 radical (unpaired) electrons. The maximum Gasteiger partial charge on any atom is 0.230 e. The highest BCUT2D eigenvalue weighted by atomic mass is 16.2. The van der Waals surface area contributed by atoms with E-state index in [2.05, 4.69) is 4.90 Å². The third kappa shape index (κ3) is 3.48. The van der Waals surface area contributed by atoms with Gasteiger partial charge in [0.2, 0.25) is 11.8 Å². The molecule has 3 rings (SSSR count).